The number of hydrogen-bond donors (Lipinski definition) is 1. The summed E-state index contributed by atoms with van der Waals surface area (Å²) in [5.74, 6) is 1.34. The van der Waals surface area contributed by atoms with Crippen LogP contribution in [-0.4, -0.2) is 47.5 Å². The van der Waals surface area contributed by atoms with Crippen LogP contribution in [0.4, 0.5) is 10.2 Å². The molecular formula is C25H28FN5O. The fourth-order valence-electron chi connectivity index (χ4n) is 5.42. The number of likely N-dealkylation sites (tertiary alicyclic amines) is 1. The maximum Gasteiger partial charge on any atom is 0.223 e. The summed E-state index contributed by atoms with van der Waals surface area (Å²) in [6.45, 7) is 4.29. The number of carbonyl (C=O) groups is 1. The minimum Gasteiger partial charge on any atom is -0.347 e. The minimum atomic E-state index is -0.223. The average molecular weight is 434 g/mol. The number of benzene rings is 1. The lowest BCUT2D eigenvalue weighted by Gasteiger charge is -2.42. The normalized spacial score (nSPS) is 25.5. The summed E-state index contributed by atoms with van der Waals surface area (Å²) in [5, 5.41) is 12.6. The van der Waals surface area contributed by atoms with Gasteiger partial charge in [0.05, 0.1) is 11.6 Å². The summed E-state index contributed by atoms with van der Waals surface area (Å²) in [5.41, 5.74) is 1.56. The van der Waals surface area contributed by atoms with E-state index in [0.29, 0.717) is 37.5 Å². The van der Waals surface area contributed by atoms with Crippen molar-refractivity contribution in [1.29, 1.82) is 5.26 Å². The van der Waals surface area contributed by atoms with E-state index in [1.807, 2.05) is 29.2 Å². The van der Waals surface area contributed by atoms with Crippen LogP contribution in [0.1, 0.15) is 43.7 Å². The Balaban J connectivity index is 1.18. The van der Waals surface area contributed by atoms with Crippen LogP contribution in [0.15, 0.2) is 42.6 Å². The second-order valence-corrected chi connectivity index (χ2v) is 9.42. The Morgan fingerprint density at radius 1 is 1.25 bits per heavy atom. The van der Waals surface area contributed by atoms with Gasteiger partial charge >= 0.3 is 0 Å². The number of amides is 1. The molecule has 32 heavy (non-hydrogen) atoms. The van der Waals surface area contributed by atoms with Gasteiger partial charge in [0.15, 0.2) is 0 Å². The van der Waals surface area contributed by atoms with Gasteiger partial charge in [-0.05, 0) is 55.0 Å². The first kappa shape index (κ1) is 20.9. The Morgan fingerprint density at radius 3 is 2.66 bits per heavy atom. The summed E-state index contributed by atoms with van der Waals surface area (Å²) < 4.78 is 13.2. The number of hydrogen-bond acceptors (Lipinski definition) is 5. The summed E-state index contributed by atoms with van der Waals surface area (Å²) in [4.78, 5) is 21.9. The highest BCUT2D eigenvalue weighted by atomic mass is 19.1. The molecule has 1 saturated carbocycles. The highest BCUT2D eigenvalue weighted by molar-refractivity contribution is 5.77. The SMILES string of the molecule is C[C@H]1CC2CN(C(=O)CCNC3(c4ccc(F)cc4)CC3)C[C@H]1N2c1ccc(C#N)cn1. The van der Waals surface area contributed by atoms with Crippen LogP contribution in [0.25, 0.3) is 0 Å². The van der Waals surface area contributed by atoms with Crippen molar-refractivity contribution >= 4 is 11.7 Å². The molecule has 3 atom stereocenters. The predicted octanol–water partition coefficient (Wildman–Crippen LogP) is 3.19. The van der Waals surface area contributed by atoms with Crippen molar-refractivity contribution in [1.82, 2.24) is 15.2 Å². The maximum atomic E-state index is 13.2. The van der Waals surface area contributed by atoms with Crippen molar-refractivity contribution in [2.24, 2.45) is 5.92 Å². The van der Waals surface area contributed by atoms with E-state index in [0.717, 1.165) is 30.6 Å². The van der Waals surface area contributed by atoms with E-state index in [2.05, 4.69) is 28.2 Å². The van der Waals surface area contributed by atoms with Gasteiger partial charge in [0.25, 0.3) is 0 Å². The smallest absolute Gasteiger partial charge is 0.223 e. The van der Waals surface area contributed by atoms with Crippen LogP contribution in [0, 0.1) is 23.1 Å². The molecule has 2 saturated heterocycles. The summed E-state index contributed by atoms with van der Waals surface area (Å²) in [6.07, 6.45) is 5.17. The van der Waals surface area contributed by atoms with Gasteiger partial charge in [-0.15, -0.1) is 0 Å². The molecule has 166 valence electrons. The average Bonchev–Trinajstić information content (AvgIpc) is 3.56. The lowest BCUT2D eigenvalue weighted by atomic mass is 10.0. The van der Waals surface area contributed by atoms with E-state index in [1.165, 1.54) is 12.1 Å². The van der Waals surface area contributed by atoms with Crippen LogP contribution in [0.2, 0.25) is 0 Å². The number of rotatable bonds is 6. The number of fused-ring (bicyclic) bond motifs is 2. The van der Waals surface area contributed by atoms with Gasteiger partial charge in [0.2, 0.25) is 5.91 Å². The number of nitrogens with zero attached hydrogens (tertiary/aromatic N) is 4. The van der Waals surface area contributed by atoms with Crippen LogP contribution >= 0.6 is 0 Å². The Kier molecular flexibility index (Phi) is 5.34. The lowest BCUT2D eigenvalue weighted by Crippen LogP contribution is -2.56. The highest BCUT2D eigenvalue weighted by Crippen LogP contribution is 2.45. The number of nitriles is 1. The largest absolute Gasteiger partial charge is 0.347 e. The first-order valence-corrected chi connectivity index (χ1v) is 11.4. The zero-order chi connectivity index (χ0) is 22.3. The summed E-state index contributed by atoms with van der Waals surface area (Å²) in [7, 11) is 0. The minimum absolute atomic E-state index is 0.0958. The summed E-state index contributed by atoms with van der Waals surface area (Å²) in [6, 6.07) is 13.0. The Hall–Kier alpha value is -2.98. The van der Waals surface area contributed by atoms with Gasteiger partial charge in [0, 0.05) is 43.8 Å². The van der Waals surface area contributed by atoms with Crippen molar-refractivity contribution in [3.05, 3.63) is 59.5 Å². The molecule has 0 radical (unpaired) electrons. The molecule has 6 nitrogen and oxygen atoms in total. The molecule has 3 heterocycles. The number of piperazine rings is 1. The quantitative estimate of drug-likeness (QED) is 0.758. The molecule has 1 aromatic heterocycles. The van der Waals surface area contributed by atoms with E-state index in [4.69, 9.17) is 5.26 Å². The maximum absolute atomic E-state index is 13.2. The van der Waals surface area contributed by atoms with Crippen molar-refractivity contribution in [3.63, 3.8) is 0 Å². The molecule has 0 spiro atoms. The van der Waals surface area contributed by atoms with Crippen molar-refractivity contribution in [2.75, 3.05) is 24.5 Å². The highest BCUT2D eigenvalue weighted by Gasteiger charge is 2.46. The number of aromatic nitrogens is 1. The van der Waals surface area contributed by atoms with Crippen LogP contribution in [0.5, 0.6) is 0 Å². The van der Waals surface area contributed by atoms with Crippen LogP contribution in [-0.2, 0) is 10.3 Å². The molecule has 5 rings (SSSR count). The molecule has 3 fully saturated rings. The van der Waals surface area contributed by atoms with Gasteiger partial charge in [-0.3, -0.25) is 4.79 Å². The first-order chi connectivity index (χ1) is 15.5. The molecule has 3 aliphatic rings. The van der Waals surface area contributed by atoms with Gasteiger partial charge in [-0.1, -0.05) is 19.1 Å². The van der Waals surface area contributed by atoms with E-state index in [1.54, 1.807) is 6.20 Å². The third-order valence-electron chi connectivity index (χ3n) is 7.33. The summed E-state index contributed by atoms with van der Waals surface area (Å²) >= 11 is 0. The molecule has 1 aliphatic carbocycles. The van der Waals surface area contributed by atoms with Gasteiger partial charge in [-0.2, -0.15) is 5.26 Å². The number of halogens is 1. The van der Waals surface area contributed by atoms with E-state index in [-0.39, 0.29) is 29.3 Å². The fourth-order valence-corrected chi connectivity index (χ4v) is 5.42. The molecular weight excluding hydrogens is 405 g/mol. The van der Waals surface area contributed by atoms with Gasteiger partial charge in [-0.25, -0.2) is 9.37 Å². The molecule has 2 aliphatic heterocycles. The molecule has 1 unspecified atom stereocenters. The molecule has 7 heteroatoms. The standard InChI is InChI=1S/C25H28FN5O/c1-17-12-21-15-30(16-22(17)31(21)23-7-2-18(13-27)14-28-23)24(32)8-11-29-25(9-10-25)19-3-5-20(26)6-4-19/h2-7,14,17,21-22,29H,8-12,15-16H2,1H3/t17-,21?,22+/m0/s1. The van der Waals surface area contributed by atoms with E-state index in [9.17, 15) is 9.18 Å². The van der Waals surface area contributed by atoms with E-state index >= 15 is 0 Å². The first-order valence-electron chi connectivity index (χ1n) is 11.4. The number of anilines is 1. The van der Waals surface area contributed by atoms with Gasteiger partial charge < -0.3 is 15.1 Å². The Morgan fingerprint density at radius 2 is 2.03 bits per heavy atom. The number of nitrogens with one attached hydrogen (secondary N) is 1. The lowest BCUT2D eigenvalue weighted by molar-refractivity contribution is -0.132. The van der Waals surface area contributed by atoms with Crippen LogP contribution in [0.3, 0.4) is 0 Å². The second kappa shape index (κ2) is 8.18. The second-order valence-electron chi connectivity index (χ2n) is 9.42. The fraction of sp³-hybridized carbons (Fsp3) is 0.480. The molecule has 1 aromatic carbocycles. The molecule has 1 amide bonds. The molecule has 1 N–H and O–H groups in total. The number of pyridine rings is 1. The number of carbonyl (C=O) groups excluding carboxylic acids is 1. The Labute approximate surface area is 188 Å². The third kappa shape index (κ3) is 3.84. The zero-order valence-corrected chi connectivity index (χ0v) is 18.3. The zero-order valence-electron chi connectivity index (χ0n) is 18.3. The Bertz CT molecular complexity index is 1030. The monoisotopic (exact) mass is 433 g/mol. The van der Waals surface area contributed by atoms with Crippen molar-refractivity contribution in [3.8, 4) is 6.07 Å². The van der Waals surface area contributed by atoms with E-state index < -0.39 is 0 Å². The topological polar surface area (TPSA) is 72.3 Å². The molecule has 2 aromatic rings. The van der Waals surface area contributed by atoms with Crippen LogP contribution < -0.4 is 10.2 Å². The van der Waals surface area contributed by atoms with Crippen molar-refractivity contribution < 1.29 is 9.18 Å². The predicted molar refractivity (Wildman–Crippen MR) is 119 cm³/mol. The molecule has 2 bridgehead atoms. The van der Waals surface area contributed by atoms with Gasteiger partial charge in [0.1, 0.15) is 17.7 Å². The van der Waals surface area contributed by atoms with Crippen molar-refractivity contribution in [2.45, 2.75) is 50.2 Å². The third-order valence-corrected chi connectivity index (χ3v) is 7.33.